The highest BCUT2D eigenvalue weighted by Gasteiger charge is 2.13. The van der Waals surface area contributed by atoms with Gasteiger partial charge in [-0.3, -0.25) is 0 Å². The second kappa shape index (κ2) is 6.04. The Morgan fingerprint density at radius 1 is 1.00 bits per heavy atom. The van der Waals surface area contributed by atoms with Gasteiger partial charge in [-0.25, -0.2) is 15.4 Å². The molecule has 3 rings (SSSR count). The third-order valence-corrected chi connectivity index (χ3v) is 3.71. The van der Waals surface area contributed by atoms with E-state index in [0.29, 0.717) is 5.95 Å². The van der Waals surface area contributed by atoms with Crippen LogP contribution in [0, 0.1) is 13.8 Å². The first kappa shape index (κ1) is 13.7. The number of hydrogen-bond donors (Lipinski definition) is 1. The summed E-state index contributed by atoms with van der Waals surface area (Å²) in [6.07, 6.45) is 4.52. The fraction of sp³-hybridized carbons (Fsp3) is 0.353. The summed E-state index contributed by atoms with van der Waals surface area (Å²) in [6.45, 7) is 3.93. The number of rotatable bonds is 2. The Morgan fingerprint density at radius 3 is 2.52 bits per heavy atom. The Morgan fingerprint density at radius 2 is 1.71 bits per heavy atom. The third-order valence-electron chi connectivity index (χ3n) is 3.71. The van der Waals surface area contributed by atoms with Crippen LogP contribution in [0.25, 0.3) is 0 Å². The van der Waals surface area contributed by atoms with Crippen molar-refractivity contribution in [3.8, 4) is 0 Å². The molecule has 1 heterocycles. The highest BCUT2D eigenvalue weighted by atomic mass is 15.4. The van der Waals surface area contributed by atoms with Crippen LogP contribution >= 0.6 is 0 Å². The summed E-state index contributed by atoms with van der Waals surface area (Å²) < 4.78 is 0. The smallest absolute Gasteiger partial charge is 0.243 e. The van der Waals surface area contributed by atoms with Gasteiger partial charge in [-0.2, -0.15) is 5.10 Å². The molecule has 2 aromatic rings. The van der Waals surface area contributed by atoms with Crippen LogP contribution in [0.15, 0.2) is 35.4 Å². The van der Waals surface area contributed by atoms with Crippen LogP contribution in [0.1, 0.15) is 41.8 Å². The van der Waals surface area contributed by atoms with Gasteiger partial charge in [0.25, 0.3) is 0 Å². The van der Waals surface area contributed by atoms with Crippen LogP contribution < -0.4 is 5.43 Å². The van der Waals surface area contributed by atoms with E-state index in [1.165, 1.54) is 24.0 Å². The summed E-state index contributed by atoms with van der Waals surface area (Å²) in [4.78, 5) is 8.74. The number of fused-ring (bicyclic) bond motifs is 1. The number of hydrogen-bond acceptors (Lipinski definition) is 4. The van der Waals surface area contributed by atoms with Gasteiger partial charge in [0.15, 0.2) is 0 Å². The highest BCUT2D eigenvalue weighted by Crippen LogP contribution is 2.21. The van der Waals surface area contributed by atoms with E-state index in [-0.39, 0.29) is 0 Å². The molecule has 0 amide bonds. The predicted octanol–water partition coefficient (Wildman–Crippen LogP) is 3.64. The van der Waals surface area contributed by atoms with Crippen molar-refractivity contribution in [2.75, 3.05) is 5.43 Å². The van der Waals surface area contributed by atoms with E-state index >= 15 is 0 Å². The normalized spacial score (nSPS) is 16.4. The number of aromatic nitrogens is 2. The average molecular weight is 280 g/mol. The van der Waals surface area contributed by atoms with E-state index in [4.69, 9.17) is 0 Å². The zero-order valence-electron chi connectivity index (χ0n) is 12.6. The molecule has 0 saturated carbocycles. The molecule has 21 heavy (non-hydrogen) atoms. The summed E-state index contributed by atoms with van der Waals surface area (Å²) in [5.41, 5.74) is 8.68. The molecule has 4 heteroatoms. The van der Waals surface area contributed by atoms with Gasteiger partial charge in [0, 0.05) is 17.0 Å². The van der Waals surface area contributed by atoms with Crippen LogP contribution in [0.4, 0.5) is 5.95 Å². The molecule has 0 bridgehead atoms. The number of anilines is 1. The largest absolute Gasteiger partial charge is 0.245 e. The van der Waals surface area contributed by atoms with Crippen molar-refractivity contribution in [2.24, 2.45) is 5.10 Å². The predicted molar refractivity (Wildman–Crippen MR) is 85.7 cm³/mol. The fourth-order valence-electron chi connectivity index (χ4n) is 2.77. The molecule has 0 saturated heterocycles. The van der Waals surface area contributed by atoms with Gasteiger partial charge < -0.3 is 0 Å². The SMILES string of the molecule is Cc1cc(C)nc(N/N=C2\CCCCc3ccccc32)n1. The van der Waals surface area contributed by atoms with E-state index < -0.39 is 0 Å². The molecule has 0 spiro atoms. The van der Waals surface area contributed by atoms with Gasteiger partial charge in [-0.05, 0) is 51.2 Å². The van der Waals surface area contributed by atoms with E-state index in [1.807, 2.05) is 19.9 Å². The Labute approximate surface area is 125 Å². The maximum atomic E-state index is 4.58. The Balaban J connectivity index is 1.89. The zero-order valence-corrected chi connectivity index (χ0v) is 12.6. The molecule has 0 radical (unpaired) electrons. The third kappa shape index (κ3) is 3.27. The molecule has 1 N–H and O–H groups in total. The number of benzene rings is 1. The second-order valence-electron chi connectivity index (χ2n) is 5.51. The number of aryl methyl sites for hydroxylation is 3. The Kier molecular flexibility index (Phi) is 3.95. The lowest BCUT2D eigenvalue weighted by atomic mass is 10.0. The summed E-state index contributed by atoms with van der Waals surface area (Å²) in [6, 6.07) is 10.5. The monoisotopic (exact) mass is 280 g/mol. The first-order valence-electron chi connectivity index (χ1n) is 7.45. The maximum absolute atomic E-state index is 4.58. The minimum atomic E-state index is 0.571. The molecule has 1 aliphatic rings. The van der Waals surface area contributed by atoms with Crippen LogP contribution in [0.5, 0.6) is 0 Å². The number of hydrazone groups is 1. The second-order valence-corrected chi connectivity index (χ2v) is 5.51. The lowest BCUT2D eigenvalue weighted by molar-refractivity contribution is 0.775. The van der Waals surface area contributed by atoms with Crippen molar-refractivity contribution < 1.29 is 0 Å². The number of nitrogens with zero attached hydrogens (tertiary/aromatic N) is 3. The van der Waals surface area contributed by atoms with Gasteiger partial charge in [0.05, 0.1) is 5.71 Å². The first-order chi connectivity index (χ1) is 10.2. The van der Waals surface area contributed by atoms with Gasteiger partial charge >= 0.3 is 0 Å². The Hall–Kier alpha value is -2.23. The van der Waals surface area contributed by atoms with Crippen molar-refractivity contribution in [2.45, 2.75) is 39.5 Å². The molecular weight excluding hydrogens is 260 g/mol. The lowest BCUT2D eigenvalue weighted by Gasteiger charge is -2.08. The molecule has 0 atom stereocenters. The van der Waals surface area contributed by atoms with Gasteiger partial charge in [0.1, 0.15) is 0 Å². The standard InChI is InChI=1S/C17H20N4/c1-12-11-13(2)19-17(18-12)21-20-16-10-6-4-8-14-7-3-5-9-15(14)16/h3,5,7,9,11H,4,6,8,10H2,1-2H3,(H,18,19,21)/b20-16+. The van der Waals surface area contributed by atoms with Crippen LogP contribution in [-0.2, 0) is 6.42 Å². The minimum absolute atomic E-state index is 0.571. The zero-order chi connectivity index (χ0) is 14.7. The highest BCUT2D eigenvalue weighted by molar-refractivity contribution is 6.02. The summed E-state index contributed by atoms with van der Waals surface area (Å²) in [5.74, 6) is 0.571. The average Bonchev–Trinajstić information content (AvgIpc) is 2.66. The molecule has 0 fully saturated rings. The molecular formula is C17H20N4. The quantitative estimate of drug-likeness (QED) is 0.675. The molecule has 0 unspecified atom stereocenters. The lowest BCUT2D eigenvalue weighted by Crippen LogP contribution is -2.07. The van der Waals surface area contributed by atoms with Crippen LogP contribution in [0.3, 0.4) is 0 Å². The van der Waals surface area contributed by atoms with Gasteiger partial charge in [-0.15, -0.1) is 0 Å². The molecule has 1 aromatic carbocycles. The fourth-order valence-corrected chi connectivity index (χ4v) is 2.77. The minimum Gasteiger partial charge on any atom is -0.245 e. The van der Waals surface area contributed by atoms with Crippen molar-refractivity contribution in [3.05, 3.63) is 52.8 Å². The molecule has 1 aliphatic carbocycles. The van der Waals surface area contributed by atoms with Crippen molar-refractivity contribution in [3.63, 3.8) is 0 Å². The molecule has 108 valence electrons. The van der Waals surface area contributed by atoms with E-state index in [1.54, 1.807) is 0 Å². The van der Waals surface area contributed by atoms with Crippen molar-refractivity contribution in [1.82, 2.24) is 9.97 Å². The van der Waals surface area contributed by atoms with E-state index in [0.717, 1.165) is 29.9 Å². The summed E-state index contributed by atoms with van der Waals surface area (Å²) >= 11 is 0. The van der Waals surface area contributed by atoms with Gasteiger partial charge in [-0.1, -0.05) is 24.3 Å². The van der Waals surface area contributed by atoms with Crippen molar-refractivity contribution >= 4 is 11.7 Å². The van der Waals surface area contributed by atoms with Crippen LogP contribution in [-0.4, -0.2) is 15.7 Å². The molecule has 4 nitrogen and oxygen atoms in total. The first-order valence-corrected chi connectivity index (χ1v) is 7.45. The summed E-state index contributed by atoms with van der Waals surface area (Å²) in [7, 11) is 0. The molecule has 0 aliphatic heterocycles. The number of nitrogens with one attached hydrogen (secondary N) is 1. The molecule has 1 aromatic heterocycles. The maximum Gasteiger partial charge on any atom is 0.243 e. The van der Waals surface area contributed by atoms with Gasteiger partial charge in [0.2, 0.25) is 5.95 Å². The van der Waals surface area contributed by atoms with E-state index in [2.05, 4.69) is 44.8 Å². The van der Waals surface area contributed by atoms with E-state index in [9.17, 15) is 0 Å². The topological polar surface area (TPSA) is 50.2 Å². The van der Waals surface area contributed by atoms with Crippen LogP contribution in [0.2, 0.25) is 0 Å². The summed E-state index contributed by atoms with van der Waals surface area (Å²) in [5, 5.41) is 4.58. The Bertz CT molecular complexity index is 656. The van der Waals surface area contributed by atoms with Crippen molar-refractivity contribution in [1.29, 1.82) is 0 Å².